The van der Waals surface area contributed by atoms with E-state index in [0.29, 0.717) is 0 Å². The number of methoxy groups -OCH3 is 1. The monoisotopic (exact) mass is 398 g/mol. The van der Waals surface area contributed by atoms with Crippen molar-refractivity contribution in [3.63, 3.8) is 0 Å². The lowest BCUT2D eigenvalue weighted by atomic mass is 10.1. The van der Waals surface area contributed by atoms with Crippen LogP contribution in [0.2, 0.25) is 0 Å². The summed E-state index contributed by atoms with van der Waals surface area (Å²) in [6.45, 7) is 5.97. The van der Waals surface area contributed by atoms with E-state index in [1.54, 1.807) is 0 Å². The van der Waals surface area contributed by atoms with Gasteiger partial charge in [-0.05, 0) is 43.8 Å². The summed E-state index contributed by atoms with van der Waals surface area (Å²) in [6, 6.07) is 12.1. The molecule has 1 N–H and O–H groups in total. The highest BCUT2D eigenvalue weighted by molar-refractivity contribution is 5.95. The molecule has 1 heterocycles. The Morgan fingerprint density at radius 1 is 1.14 bits per heavy atom. The molecule has 0 radical (unpaired) electrons. The van der Waals surface area contributed by atoms with Gasteiger partial charge in [0.15, 0.2) is 5.75 Å². The van der Waals surface area contributed by atoms with E-state index >= 15 is 0 Å². The molecule has 1 fully saturated rings. The second kappa shape index (κ2) is 8.91. The third-order valence-corrected chi connectivity index (χ3v) is 5.25. The van der Waals surface area contributed by atoms with E-state index in [9.17, 15) is 14.9 Å². The van der Waals surface area contributed by atoms with Crippen LogP contribution in [0.5, 0.6) is 5.75 Å². The van der Waals surface area contributed by atoms with Gasteiger partial charge in [0, 0.05) is 43.5 Å². The molecule has 2 aromatic rings. The number of anilines is 1. The Bertz CT molecular complexity index is 877. The highest BCUT2D eigenvalue weighted by Crippen LogP contribution is 2.28. The summed E-state index contributed by atoms with van der Waals surface area (Å²) in [4.78, 5) is 27.8. The van der Waals surface area contributed by atoms with Gasteiger partial charge >= 0.3 is 5.69 Å². The standard InChI is InChI=1S/C21H26N4O4/c1-15(16-4-7-18(8-5-16)24-12-10-23(2)11-13-24)22-21(26)17-6-9-20(29-3)19(14-17)25(27)28/h4-9,14-15H,10-13H2,1-3H3,(H,22,26)/t15-/m0/s1. The molecule has 0 aromatic heterocycles. The number of hydrogen-bond acceptors (Lipinski definition) is 6. The minimum absolute atomic E-state index is 0.124. The Hall–Kier alpha value is -3.13. The summed E-state index contributed by atoms with van der Waals surface area (Å²) >= 11 is 0. The second-order valence-corrected chi connectivity index (χ2v) is 7.22. The molecule has 1 aliphatic rings. The molecule has 154 valence electrons. The molecular formula is C21H26N4O4. The fourth-order valence-electron chi connectivity index (χ4n) is 3.38. The van der Waals surface area contributed by atoms with E-state index < -0.39 is 4.92 Å². The van der Waals surface area contributed by atoms with Crippen LogP contribution in [-0.4, -0.2) is 56.1 Å². The summed E-state index contributed by atoms with van der Waals surface area (Å²) in [6.07, 6.45) is 0. The van der Waals surface area contributed by atoms with E-state index in [0.717, 1.165) is 31.7 Å². The average molecular weight is 398 g/mol. The maximum atomic E-state index is 12.6. The first kappa shape index (κ1) is 20.6. The van der Waals surface area contributed by atoms with E-state index in [4.69, 9.17) is 4.74 Å². The number of nitrogens with one attached hydrogen (secondary N) is 1. The molecule has 0 bridgehead atoms. The van der Waals surface area contributed by atoms with Crippen LogP contribution in [0.4, 0.5) is 11.4 Å². The lowest BCUT2D eigenvalue weighted by Crippen LogP contribution is -2.44. The van der Waals surface area contributed by atoms with Crippen molar-refractivity contribution >= 4 is 17.3 Å². The van der Waals surface area contributed by atoms with Gasteiger partial charge < -0.3 is 19.9 Å². The summed E-state index contributed by atoms with van der Waals surface area (Å²) in [5.41, 5.74) is 2.13. The summed E-state index contributed by atoms with van der Waals surface area (Å²) in [5.74, 6) is -0.245. The second-order valence-electron chi connectivity index (χ2n) is 7.22. The number of hydrogen-bond donors (Lipinski definition) is 1. The van der Waals surface area contributed by atoms with Crippen molar-refractivity contribution in [1.29, 1.82) is 0 Å². The van der Waals surface area contributed by atoms with E-state index in [1.165, 1.54) is 31.0 Å². The van der Waals surface area contributed by atoms with E-state index in [1.807, 2.05) is 19.1 Å². The minimum atomic E-state index is -0.559. The van der Waals surface area contributed by atoms with Crippen LogP contribution in [0.25, 0.3) is 0 Å². The summed E-state index contributed by atoms with van der Waals surface area (Å²) in [7, 11) is 3.48. The Morgan fingerprint density at radius 3 is 2.38 bits per heavy atom. The molecular weight excluding hydrogens is 372 g/mol. The van der Waals surface area contributed by atoms with Crippen molar-refractivity contribution < 1.29 is 14.5 Å². The van der Waals surface area contributed by atoms with Gasteiger partial charge in [0.05, 0.1) is 18.1 Å². The molecule has 0 unspecified atom stereocenters. The minimum Gasteiger partial charge on any atom is -0.490 e. The molecule has 1 amide bonds. The molecule has 0 saturated carbocycles. The summed E-state index contributed by atoms with van der Waals surface area (Å²) in [5, 5.41) is 14.1. The van der Waals surface area contributed by atoms with Crippen molar-refractivity contribution in [3.05, 3.63) is 63.7 Å². The first-order valence-corrected chi connectivity index (χ1v) is 9.56. The van der Waals surface area contributed by atoms with Crippen LogP contribution in [0, 0.1) is 10.1 Å². The van der Waals surface area contributed by atoms with E-state index in [2.05, 4.69) is 34.3 Å². The summed E-state index contributed by atoms with van der Waals surface area (Å²) < 4.78 is 4.98. The predicted molar refractivity (Wildman–Crippen MR) is 112 cm³/mol. The number of amides is 1. The Labute approximate surface area is 170 Å². The number of benzene rings is 2. The zero-order chi connectivity index (χ0) is 21.0. The van der Waals surface area contributed by atoms with Gasteiger partial charge in [-0.15, -0.1) is 0 Å². The molecule has 8 heteroatoms. The Kier molecular flexibility index (Phi) is 6.33. The zero-order valence-electron chi connectivity index (χ0n) is 16.9. The van der Waals surface area contributed by atoms with Gasteiger partial charge in [-0.25, -0.2) is 0 Å². The fraction of sp³-hybridized carbons (Fsp3) is 0.381. The Balaban J connectivity index is 1.66. The molecule has 1 aliphatic heterocycles. The van der Waals surface area contributed by atoms with Gasteiger partial charge in [0.1, 0.15) is 0 Å². The number of piperazine rings is 1. The molecule has 1 atom stereocenters. The average Bonchev–Trinajstić information content (AvgIpc) is 2.73. The van der Waals surface area contributed by atoms with Gasteiger partial charge in [0.25, 0.3) is 5.91 Å². The molecule has 8 nitrogen and oxygen atoms in total. The predicted octanol–water partition coefficient (Wildman–Crippen LogP) is 2.85. The van der Waals surface area contributed by atoms with Crippen molar-refractivity contribution in [1.82, 2.24) is 10.2 Å². The number of likely N-dealkylation sites (N-methyl/N-ethyl adjacent to an activating group) is 1. The van der Waals surface area contributed by atoms with Gasteiger partial charge in [0.2, 0.25) is 0 Å². The maximum absolute atomic E-state index is 12.6. The zero-order valence-corrected chi connectivity index (χ0v) is 16.9. The van der Waals surface area contributed by atoms with Crippen LogP contribution in [-0.2, 0) is 0 Å². The highest BCUT2D eigenvalue weighted by Gasteiger charge is 2.20. The normalized spacial score (nSPS) is 15.6. The smallest absolute Gasteiger partial charge is 0.311 e. The highest BCUT2D eigenvalue weighted by atomic mass is 16.6. The quantitative estimate of drug-likeness (QED) is 0.595. The largest absolute Gasteiger partial charge is 0.490 e. The van der Waals surface area contributed by atoms with Crippen LogP contribution in [0.15, 0.2) is 42.5 Å². The number of nitro groups is 1. The molecule has 2 aromatic carbocycles. The lowest BCUT2D eigenvalue weighted by Gasteiger charge is -2.34. The number of ether oxygens (including phenoxy) is 1. The number of nitrogens with zero attached hydrogens (tertiary/aromatic N) is 3. The third-order valence-electron chi connectivity index (χ3n) is 5.25. The third kappa shape index (κ3) is 4.83. The van der Waals surface area contributed by atoms with Crippen molar-refractivity contribution in [3.8, 4) is 5.75 Å². The number of carbonyl (C=O) groups excluding carboxylic acids is 1. The Morgan fingerprint density at radius 2 is 1.79 bits per heavy atom. The lowest BCUT2D eigenvalue weighted by molar-refractivity contribution is -0.385. The van der Waals surface area contributed by atoms with E-state index in [-0.39, 0.29) is 28.9 Å². The fourth-order valence-corrected chi connectivity index (χ4v) is 3.38. The molecule has 3 rings (SSSR count). The SMILES string of the molecule is COc1ccc(C(=O)N[C@@H](C)c2ccc(N3CCN(C)CC3)cc2)cc1[N+](=O)[O-]. The first-order chi connectivity index (χ1) is 13.9. The topological polar surface area (TPSA) is 88.0 Å². The molecule has 0 aliphatic carbocycles. The first-order valence-electron chi connectivity index (χ1n) is 9.56. The van der Waals surface area contributed by atoms with Crippen LogP contribution in [0.3, 0.4) is 0 Å². The number of carbonyl (C=O) groups is 1. The van der Waals surface area contributed by atoms with Gasteiger partial charge in [-0.2, -0.15) is 0 Å². The molecule has 1 saturated heterocycles. The van der Waals surface area contributed by atoms with Crippen molar-refractivity contribution in [2.45, 2.75) is 13.0 Å². The van der Waals surface area contributed by atoms with Crippen molar-refractivity contribution in [2.24, 2.45) is 0 Å². The van der Waals surface area contributed by atoms with Crippen molar-refractivity contribution in [2.75, 3.05) is 45.2 Å². The van der Waals surface area contributed by atoms with Crippen LogP contribution >= 0.6 is 0 Å². The maximum Gasteiger partial charge on any atom is 0.311 e. The van der Waals surface area contributed by atoms with Crippen LogP contribution in [0.1, 0.15) is 28.9 Å². The van der Waals surface area contributed by atoms with Gasteiger partial charge in [-0.3, -0.25) is 14.9 Å². The molecule has 29 heavy (non-hydrogen) atoms. The van der Waals surface area contributed by atoms with Gasteiger partial charge in [-0.1, -0.05) is 12.1 Å². The number of nitro benzene ring substituents is 1. The van der Waals surface area contributed by atoms with Crippen LogP contribution < -0.4 is 15.0 Å². The molecule has 0 spiro atoms. The number of rotatable bonds is 6.